The Kier molecular flexibility index (Phi) is 3.71. The Hall–Kier alpha value is -0.970. The van der Waals surface area contributed by atoms with Gasteiger partial charge in [0.05, 0.1) is 0 Å². The van der Waals surface area contributed by atoms with Crippen LogP contribution in [0.5, 0.6) is 0 Å². The van der Waals surface area contributed by atoms with Gasteiger partial charge in [0, 0.05) is 19.4 Å². The van der Waals surface area contributed by atoms with Gasteiger partial charge in [0.15, 0.2) is 0 Å². The van der Waals surface area contributed by atoms with Crippen LogP contribution in [0.15, 0.2) is 0 Å². The highest BCUT2D eigenvalue weighted by Gasteiger charge is 2.51. The summed E-state index contributed by atoms with van der Waals surface area (Å²) in [7, 11) is 0. The third-order valence-electron chi connectivity index (χ3n) is 5.93. The number of hydrogen-bond donors (Lipinski definition) is 1. The number of amides is 1. The smallest absolute Gasteiger partial charge is 0.220 e. The van der Waals surface area contributed by atoms with Gasteiger partial charge in [-0.2, -0.15) is 0 Å². The Morgan fingerprint density at radius 1 is 1.18 bits per heavy atom. The molecule has 4 fully saturated rings. The van der Waals surface area contributed by atoms with Crippen molar-refractivity contribution in [1.29, 1.82) is 0 Å². The Balaban J connectivity index is 1.29. The zero-order valence-electron chi connectivity index (χ0n) is 13.3. The summed E-state index contributed by atoms with van der Waals surface area (Å²) in [6.07, 6.45) is 9.81. The molecule has 4 aliphatic carbocycles. The molecule has 0 atom stereocenters. The molecular formula is C17H25N3OS. The molecule has 5 heteroatoms. The fourth-order valence-electron chi connectivity index (χ4n) is 5.66. The third kappa shape index (κ3) is 2.92. The maximum Gasteiger partial charge on any atom is 0.220 e. The van der Waals surface area contributed by atoms with Crippen LogP contribution in [0.1, 0.15) is 55.0 Å². The van der Waals surface area contributed by atoms with E-state index in [4.69, 9.17) is 0 Å². The molecule has 4 aliphatic rings. The first-order chi connectivity index (χ1) is 10.6. The molecular weight excluding hydrogens is 294 g/mol. The fraction of sp³-hybridized carbons (Fsp3) is 0.824. The van der Waals surface area contributed by atoms with Gasteiger partial charge in [0.25, 0.3) is 0 Å². The van der Waals surface area contributed by atoms with Crippen LogP contribution in [-0.4, -0.2) is 22.6 Å². The van der Waals surface area contributed by atoms with Crippen molar-refractivity contribution in [3.8, 4) is 0 Å². The molecule has 0 aromatic carbocycles. The lowest BCUT2D eigenvalue weighted by atomic mass is 9.49. The maximum absolute atomic E-state index is 12.4. The van der Waals surface area contributed by atoms with Crippen LogP contribution in [0, 0.1) is 30.1 Å². The number of nitrogens with zero attached hydrogens (tertiary/aromatic N) is 2. The molecule has 1 amide bonds. The third-order valence-corrected chi connectivity index (χ3v) is 6.83. The molecule has 0 spiro atoms. The SMILES string of the molecule is Cc1nnc(CCNC(=O)CC23CC4CC(CC(C4)C2)C3)s1. The maximum atomic E-state index is 12.4. The fourth-order valence-corrected chi connectivity index (χ4v) is 6.37. The zero-order valence-corrected chi connectivity index (χ0v) is 14.1. The van der Waals surface area contributed by atoms with E-state index in [-0.39, 0.29) is 5.91 Å². The first kappa shape index (κ1) is 14.6. The van der Waals surface area contributed by atoms with Gasteiger partial charge in [-0.05, 0) is 68.6 Å². The van der Waals surface area contributed by atoms with Gasteiger partial charge in [0.1, 0.15) is 10.0 Å². The van der Waals surface area contributed by atoms with E-state index in [1.54, 1.807) is 11.3 Å². The molecule has 0 saturated heterocycles. The van der Waals surface area contributed by atoms with Gasteiger partial charge in [-0.1, -0.05) is 0 Å². The van der Waals surface area contributed by atoms with Crippen molar-refractivity contribution in [2.75, 3.05) is 6.54 Å². The van der Waals surface area contributed by atoms with E-state index < -0.39 is 0 Å². The van der Waals surface area contributed by atoms with Crippen molar-refractivity contribution < 1.29 is 4.79 Å². The topological polar surface area (TPSA) is 54.9 Å². The summed E-state index contributed by atoms with van der Waals surface area (Å²) in [5, 5.41) is 13.3. The van der Waals surface area contributed by atoms with Crippen molar-refractivity contribution in [1.82, 2.24) is 15.5 Å². The highest BCUT2D eigenvalue weighted by Crippen LogP contribution is 2.61. The molecule has 0 unspecified atom stereocenters. The normalized spacial score (nSPS) is 35.8. The number of aromatic nitrogens is 2. The standard InChI is InChI=1S/C17H25N3OS/c1-11-19-20-16(22-11)2-3-18-15(21)10-17-7-12-4-13(8-17)6-14(5-12)9-17/h12-14H,2-10H2,1H3,(H,18,21). The monoisotopic (exact) mass is 319 g/mol. The second kappa shape index (κ2) is 5.59. The van der Waals surface area contributed by atoms with E-state index in [9.17, 15) is 4.79 Å². The second-order valence-electron chi connectivity index (χ2n) is 7.91. The average Bonchev–Trinajstić information content (AvgIpc) is 2.82. The minimum Gasteiger partial charge on any atom is -0.356 e. The van der Waals surface area contributed by atoms with E-state index in [0.717, 1.165) is 40.6 Å². The number of carbonyl (C=O) groups is 1. The van der Waals surface area contributed by atoms with Crippen molar-refractivity contribution in [3.63, 3.8) is 0 Å². The molecule has 22 heavy (non-hydrogen) atoms. The molecule has 0 aliphatic heterocycles. The summed E-state index contributed by atoms with van der Waals surface area (Å²) in [4.78, 5) is 12.4. The van der Waals surface area contributed by atoms with Crippen LogP contribution < -0.4 is 5.32 Å². The van der Waals surface area contributed by atoms with Crippen molar-refractivity contribution in [2.24, 2.45) is 23.2 Å². The van der Waals surface area contributed by atoms with Gasteiger partial charge >= 0.3 is 0 Å². The lowest BCUT2D eigenvalue weighted by Crippen LogP contribution is -2.48. The number of nitrogens with one attached hydrogen (secondary N) is 1. The van der Waals surface area contributed by atoms with E-state index >= 15 is 0 Å². The predicted octanol–water partition coefficient (Wildman–Crippen LogP) is 3.11. The number of rotatable bonds is 5. The van der Waals surface area contributed by atoms with Gasteiger partial charge < -0.3 is 5.32 Å². The summed E-state index contributed by atoms with van der Waals surface area (Å²) in [6.45, 7) is 2.66. The quantitative estimate of drug-likeness (QED) is 0.907. The van der Waals surface area contributed by atoms with Crippen molar-refractivity contribution >= 4 is 17.2 Å². The minimum absolute atomic E-state index is 0.253. The van der Waals surface area contributed by atoms with Gasteiger partial charge in [0.2, 0.25) is 5.91 Å². The van der Waals surface area contributed by atoms with Crippen LogP contribution in [0.2, 0.25) is 0 Å². The lowest BCUT2D eigenvalue weighted by Gasteiger charge is -2.56. The molecule has 1 heterocycles. The minimum atomic E-state index is 0.253. The summed E-state index contributed by atoms with van der Waals surface area (Å²) >= 11 is 1.62. The molecule has 1 N–H and O–H groups in total. The summed E-state index contributed by atoms with van der Waals surface area (Å²) in [5.41, 5.74) is 0.345. The van der Waals surface area contributed by atoms with E-state index in [2.05, 4.69) is 15.5 Å². The van der Waals surface area contributed by atoms with Crippen LogP contribution in [-0.2, 0) is 11.2 Å². The van der Waals surface area contributed by atoms with Gasteiger partial charge in [-0.3, -0.25) is 4.79 Å². The van der Waals surface area contributed by atoms with E-state index in [0.29, 0.717) is 12.0 Å². The predicted molar refractivity (Wildman–Crippen MR) is 86.6 cm³/mol. The highest BCUT2D eigenvalue weighted by molar-refractivity contribution is 7.11. The van der Waals surface area contributed by atoms with Crippen molar-refractivity contribution in [3.05, 3.63) is 10.0 Å². The Labute approximate surface area is 136 Å². The van der Waals surface area contributed by atoms with Gasteiger partial charge in [-0.25, -0.2) is 0 Å². The molecule has 1 aromatic heterocycles. The van der Waals surface area contributed by atoms with Crippen LogP contribution in [0.3, 0.4) is 0 Å². The number of hydrogen-bond acceptors (Lipinski definition) is 4. The molecule has 0 radical (unpaired) electrons. The Morgan fingerprint density at radius 3 is 2.36 bits per heavy atom. The van der Waals surface area contributed by atoms with Crippen molar-refractivity contribution in [2.45, 2.75) is 58.3 Å². The number of aryl methyl sites for hydroxylation is 1. The Bertz CT molecular complexity index is 533. The highest BCUT2D eigenvalue weighted by atomic mass is 32.1. The summed E-state index contributed by atoms with van der Waals surface area (Å²) in [6, 6.07) is 0. The summed E-state index contributed by atoms with van der Waals surface area (Å²) < 4.78 is 0. The van der Waals surface area contributed by atoms with Crippen LogP contribution in [0.25, 0.3) is 0 Å². The first-order valence-electron chi connectivity index (χ1n) is 8.66. The largest absolute Gasteiger partial charge is 0.356 e. The molecule has 4 nitrogen and oxygen atoms in total. The first-order valence-corrected chi connectivity index (χ1v) is 9.48. The molecule has 4 bridgehead atoms. The van der Waals surface area contributed by atoms with E-state index in [1.165, 1.54) is 38.5 Å². The van der Waals surface area contributed by atoms with Gasteiger partial charge in [-0.15, -0.1) is 21.5 Å². The lowest BCUT2D eigenvalue weighted by molar-refractivity contribution is -0.129. The molecule has 4 saturated carbocycles. The van der Waals surface area contributed by atoms with E-state index in [1.807, 2.05) is 6.92 Å². The average molecular weight is 319 g/mol. The number of carbonyl (C=O) groups excluding carboxylic acids is 1. The molecule has 120 valence electrons. The molecule has 1 aromatic rings. The zero-order chi connectivity index (χ0) is 15.2. The summed E-state index contributed by atoms with van der Waals surface area (Å²) in [5.74, 6) is 3.01. The van der Waals surface area contributed by atoms with Crippen LogP contribution >= 0.6 is 11.3 Å². The Morgan fingerprint density at radius 2 is 1.82 bits per heavy atom. The second-order valence-corrected chi connectivity index (χ2v) is 9.18. The van der Waals surface area contributed by atoms with Crippen LogP contribution in [0.4, 0.5) is 0 Å². The molecule has 5 rings (SSSR count).